The number of benzene rings is 2. The van der Waals surface area contributed by atoms with Gasteiger partial charge < -0.3 is 4.74 Å². The van der Waals surface area contributed by atoms with E-state index in [2.05, 4.69) is 0 Å². The second-order valence-corrected chi connectivity index (χ2v) is 4.60. The van der Waals surface area contributed by atoms with Crippen molar-refractivity contribution in [2.45, 2.75) is 6.92 Å². The van der Waals surface area contributed by atoms with Crippen LogP contribution in [0.4, 0.5) is 0 Å². The molecule has 0 saturated heterocycles. The third-order valence-electron chi connectivity index (χ3n) is 2.65. The monoisotopic (exact) mass is 266 g/mol. The van der Waals surface area contributed by atoms with Crippen molar-refractivity contribution in [1.82, 2.24) is 0 Å². The van der Waals surface area contributed by atoms with Gasteiger partial charge in [0.25, 0.3) is 0 Å². The van der Waals surface area contributed by atoms with Gasteiger partial charge in [0.05, 0.1) is 7.11 Å². The lowest BCUT2D eigenvalue weighted by Gasteiger charge is -2.10. The van der Waals surface area contributed by atoms with Gasteiger partial charge in [0.1, 0.15) is 5.75 Å². The number of aryl methyl sites for hydroxylation is 1. The highest BCUT2D eigenvalue weighted by atomic mass is 35.5. The van der Waals surface area contributed by atoms with E-state index in [9.17, 15) is 0 Å². The van der Waals surface area contributed by atoms with Gasteiger partial charge in [0.15, 0.2) is 0 Å². The lowest BCUT2D eigenvalue weighted by molar-refractivity contribution is 0.412. The fourth-order valence-corrected chi connectivity index (χ4v) is 2.42. The molecule has 0 spiro atoms. The summed E-state index contributed by atoms with van der Waals surface area (Å²) in [6.45, 7) is 1.99. The molecular weight excluding hydrogens is 255 g/mol. The summed E-state index contributed by atoms with van der Waals surface area (Å²) in [5.74, 6) is 0.858. The zero-order valence-electron chi connectivity index (χ0n) is 9.63. The van der Waals surface area contributed by atoms with Crippen molar-refractivity contribution in [3.05, 3.63) is 52.0 Å². The van der Waals surface area contributed by atoms with Crippen LogP contribution in [0.5, 0.6) is 5.75 Å². The minimum absolute atomic E-state index is 0.655. The molecule has 2 aromatic carbocycles. The molecule has 0 unspecified atom stereocenters. The largest absolute Gasteiger partial charge is 0.496 e. The molecule has 0 N–H and O–H groups in total. The maximum Gasteiger partial charge on any atom is 0.121 e. The smallest absolute Gasteiger partial charge is 0.121 e. The van der Waals surface area contributed by atoms with Crippen LogP contribution in [0.3, 0.4) is 0 Å². The molecule has 0 radical (unpaired) electrons. The number of halogens is 2. The Balaban J connectivity index is 2.57. The Morgan fingerprint density at radius 1 is 1.00 bits per heavy atom. The molecule has 3 heteroatoms. The highest BCUT2D eigenvalue weighted by molar-refractivity contribution is 6.39. The van der Waals surface area contributed by atoms with E-state index in [1.54, 1.807) is 7.11 Å². The van der Waals surface area contributed by atoms with Gasteiger partial charge >= 0.3 is 0 Å². The number of ether oxygens (including phenoxy) is 1. The van der Waals surface area contributed by atoms with Gasteiger partial charge in [-0.05, 0) is 42.3 Å². The molecule has 0 bridgehead atoms. The maximum absolute atomic E-state index is 6.17. The molecule has 0 amide bonds. The summed E-state index contributed by atoms with van der Waals surface area (Å²) < 4.78 is 5.23. The fourth-order valence-electron chi connectivity index (χ4n) is 1.81. The summed E-state index contributed by atoms with van der Waals surface area (Å²) in [5, 5.41) is 1.31. The minimum atomic E-state index is 0.655. The van der Waals surface area contributed by atoms with Crippen LogP contribution in [-0.2, 0) is 0 Å². The number of methoxy groups -OCH3 is 1. The van der Waals surface area contributed by atoms with E-state index < -0.39 is 0 Å². The van der Waals surface area contributed by atoms with Crippen LogP contribution in [0.25, 0.3) is 11.1 Å². The van der Waals surface area contributed by atoms with Gasteiger partial charge in [-0.25, -0.2) is 0 Å². The standard InChI is InChI=1S/C14H12Cl2O/c1-9-8-10(6-7-13(9)17-2)14-11(15)4-3-5-12(14)16/h3-8H,1-2H3. The van der Waals surface area contributed by atoms with Crippen LogP contribution in [0.2, 0.25) is 10.0 Å². The van der Waals surface area contributed by atoms with Gasteiger partial charge in [-0.2, -0.15) is 0 Å². The fraction of sp³-hybridized carbons (Fsp3) is 0.143. The van der Waals surface area contributed by atoms with Gasteiger partial charge in [-0.3, -0.25) is 0 Å². The molecule has 0 fully saturated rings. The normalized spacial score (nSPS) is 10.4. The Hall–Kier alpha value is -1.18. The first kappa shape index (κ1) is 12.3. The van der Waals surface area contributed by atoms with Gasteiger partial charge in [0.2, 0.25) is 0 Å². The second-order valence-electron chi connectivity index (χ2n) is 3.78. The quantitative estimate of drug-likeness (QED) is 0.745. The Labute approximate surface area is 111 Å². The van der Waals surface area contributed by atoms with Crippen LogP contribution in [-0.4, -0.2) is 7.11 Å². The highest BCUT2D eigenvalue weighted by Crippen LogP contribution is 2.36. The predicted molar refractivity (Wildman–Crippen MR) is 73.2 cm³/mol. The first-order chi connectivity index (χ1) is 8.13. The molecular formula is C14H12Cl2O. The van der Waals surface area contributed by atoms with E-state index in [1.807, 2.05) is 43.3 Å². The molecule has 0 aromatic heterocycles. The lowest BCUT2D eigenvalue weighted by atomic mass is 10.0. The van der Waals surface area contributed by atoms with E-state index in [-0.39, 0.29) is 0 Å². The van der Waals surface area contributed by atoms with Crippen LogP contribution < -0.4 is 4.74 Å². The first-order valence-electron chi connectivity index (χ1n) is 5.22. The average molecular weight is 267 g/mol. The van der Waals surface area contributed by atoms with Crippen molar-refractivity contribution in [2.24, 2.45) is 0 Å². The van der Waals surface area contributed by atoms with E-state index >= 15 is 0 Å². The van der Waals surface area contributed by atoms with Crippen molar-refractivity contribution in [2.75, 3.05) is 7.11 Å². The van der Waals surface area contributed by atoms with Gasteiger partial charge in [-0.1, -0.05) is 35.3 Å². The topological polar surface area (TPSA) is 9.23 Å². The maximum atomic E-state index is 6.17. The minimum Gasteiger partial charge on any atom is -0.496 e. The SMILES string of the molecule is COc1ccc(-c2c(Cl)cccc2Cl)cc1C. The average Bonchev–Trinajstić information content (AvgIpc) is 2.29. The summed E-state index contributed by atoms with van der Waals surface area (Å²) in [5.41, 5.74) is 2.92. The van der Waals surface area contributed by atoms with Crippen LogP contribution >= 0.6 is 23.2 Å². The van der Waals surface area contributed by atoms with E-state index in [4.69, 9.17) is 27.9 Å². The zero-order chi connectivity index (χ0) is 12.4. The number of hydrogen-bond acceptors (Lipinski definition) is 1. The summed E-state index contributed by atoms with van der Waals surface area (Å²) in [6, 6.07) is 11.4. The molecule has 1 nitrogen and oxygen atoms in total. The summed E-state index contributed by atoms with van der Waals surface area (Å²) in [4.78, 5) is 0. The predicted octanol–water partition coefficient (Wildman–Crippen LogP) is 4.98. The first-order valence-corrected chi connectivity index (χ1v) is 5.98. The molecule has 2 aromatic rings. The van der Waals surface area contributed by atoms with Crippen molar-refractivity contribution >= 4 is 23.2 Å². The zero-order valence-corrected chi connectivity index (χ0v) is 11.1. The van der Waals surface area contributed by atoms with Crippen LogP contribution in [0.1, 0.15) is 5.56 Å². The summed E-state index contributed by atoms with van der Waals surface area (Å²) >= 11 is 12.3. The molecule has 0 aliphatic carbocycles. The molecule has 0 aliphatic heterocycles. The Morgan fingerprint density at radius 2 is 1.65 bits per heavy atom. The van der Waals surface area contributed by atoms with Gasteiger partial charge in [0, 0.05) is 15.6 Å². The Kier molecular flexibility index (Phi) is 3.60. The molecule has 0 aliphatic rings. The molecule has 0 atom stereocenters. The third kappa shape index (κ3) is 2.41. The lowest BCUT2D eigenvalue weighted by Crippen LogP contribution is -1.88. The van der Waals surface area contributed by atoms with E-state index in [1.165, 1.54) is 0 Å². The van der Waals surface area contributed by atoms with Crippen molar-refractivity contribution in [3.63, 3.8) is 0 Å². The molecule has 0 heterocycles. The van der Waals surface area contributed by atoms with Crippen molar-refractivity contribution in [1.29, 1.82) is 0 Å². The van der Waals surface area contributed by atoms with Crippen molar-refractivity contribution in [3.8, 4) is 16.9 Å². The third-order valence-corrected chi connectivity index (χ3v) is 3.28. The molecule has 0 saturated carbocycles. The van der Waals surface area contributed by atoms with Gasteiger partial charge in [-0.15, -0.1) is 0 Å². The Bertz CT molecular complexity index is 530. The van der Waals surface area contributed by atoms with Crippen LogP contribution in [0.15, 0.2) is 36.4 Å². The van der Waals surface area contributed by atoms with E-state index in [0.29, 0.717) is 10.0 Å². The van der Waals surface area contributed by atoms with E-state index in [0.717, 1.165) is 22.4 Å². The molecule has 88 valence electrons. The summed E-state index contributed by atoms with van der Waals surface area (Å²) in [7, 11) is 1.66. The summed E-state index contributed by atoms with van der Waals surface area (Å²) in [6.07, 6.45) is 0. The van der Waals surface area contributed by atoms with Crippen molar-refractivity contribution < 1.29 is 4.74 Å². The molecule has 17 heavy (non-hydrogen) atoms. The Morgan fingerprint density at radius 3 is 2.18 bits per heavy atom. The highest BCUT2D eigenvalue weighted by Gasteiger charge is 2.09. The second kappa shape index (κ2) is 4.99. The molecule has 2 rings (SSSR count). The number of hydrogen-bond donors (Lipinski definition) is 0. The van der Waals surface area contributed by atoms with Crippen LogP contribution in [0, 0.1) is 6.92 Å². The number of rotatable bonds is 2.